The van der Waals surface area contributed by atoms with E-state index in [0.29, 0.717) is 0 Å². The molecule has 0 aliphatic rings. The third kappa shape index (κ3) is 1.97. The van der Waals surface area contributed by atoms with Crippen molar-refractivity contribution in [3.8, 4) is 0 Å². The minimum atomic E-state index is 0.248. The first-order valence-corrected chi connectivity index (χ1v) is 6.84. The predicted molar refractivity (Wildman–Crippen MR) is 74.0 cm³/mol. The molecule has 0 aliphatic carbocycles. The summed E-state index contributed by atoms with van der Waals surface area (Å²) in [5.41, 5.74) is 0.953. The Balaban J connectivity index is 1.93. The van der Waals surface area contributed by atoms with E-state index in [-0.39, 0.29) is 6.04 Å². The second kappa shape index (κ2) is 4.78. The van der Waals surface area contributed by atoms with Crippen LogP contribution in [0.2, 0.25) is 0 Å². The van der Waals surface area contributed by atoms with Crippen LogP contribution in [-0.4, -0.2) is 14.4 Å². The van der Waals surface area contributed by atoms with Gasteiger partial charge in [-0.3, -0.25) is 4.40 Å². The number of aromatic nitrogens is 3. The third-order valence-electron chi connectivity index (χ3n) is 2.91. The summed E-state index contributed by atoms with van der Waals surface area (Å²) in [5, 5.41) is 6.66. The number of pyridine rings is 1. The van der Waals surface area contributed by atoms with Gasteiger partial charge in [0.2, 0.25) is 0 Å². The molecule has 4 nitrogen and oxygen atoms in total. The first-order valence-electron chi connectivity index (χ1n) is 5.96. The zero-order valence-corrected chi connectivity index (χ0v) is 10.9. The Morgan fingerprint density at radius 3 is 3.06 bits per heavy atom. The molecule has 5 heteroatoms. The van der Waals surface area contributed by atoms with Crippen LogP contribution in [0.5, 0.6) is 0 Å². The maximum Gasteiger partial charge on any atom is 0.138 e. The Labute approximate surface area is 109 Å². The highest BCUT2D eigenvalue weighted by atomic mass is 32.1. The number of hydrogen-bond acceptors (Lipinski definition) is 4. The van der Waals surface area contributed by atoms with Gasteiger partial charge in [-0.05, 0) is 18.6 Å². The van der Waals surface area contributed by atoms with Gasteiger partial charge in [0.25, 0.3) is 0 Å². The number of thiazole rings is 1. The number of nitrogens with zero attached hydrogens (tertiary/aromatic N) is 3. The number of anilines is 1. The van der Waals surface area contributed by atoms with Crippen LogP contribution >= 0.6 is 11.3 Å². The summed E-state index contributed by atoms with van der Waals surface area (Å²) >= 11 is 1.68. The summed E-state index contributed by atoms with van der Waals surface area (Å²) in [6, 6.07) is 6.32. The molecule has 0 bridgehead atoms. The predicted octanol–water partition coefficient (Wildman–Crippen LogP) is 3.35. The molecule has 1 N–H and O–H groups in total. The van der Waals surface area contributed by atoms with Crippen LogP contribution in [-0.2, 0) is 0 Å². The van der Waals surface area contributed by atoms with Crippen molar-refractivity contribution in [1.29, 1.82) is 0 Å². The van der Waals surface area contributed by atoms with E-state index in [9.17, 15) is 0 Å². The van der Waals surface area contributed by atoms with E-state index in [1.165, 1.54) is 0 Å². The Morgan fingerprint density at radius 1 is 1.33 bits per heavy atom. The van der Waals surface area contributed by atoms with Crippen molar-refractivity contribution in [3.05, 3.63) is 47.2 Å². The summed E-state index contributed by atoms with van der Waals surface area (Å²) in [6.45, 7) is 2.16. The fraction of sp³-hybridized carbons (Fsp3) is 0.231. The molecule has 0 saturated heterocycles. The van der Waals surface area contributed by atoms with Gasteiger partial charge in [0.1, 0.15) is 16.5 Å². The van der Waals surface area contributed by atoms with Crippen molar-refractivity contribution in [2.24, 2.45) is 0 Å². The van der Waals surface area contributed by atoms with Crippen molar-refractivity contribution in [3.63, 3.8) is 0 Å². The molecule has 0 aliphatic heterocycles. The van der Waals surface area contributed by atoms with E-state index >= 15 is 0 Å². The molecule has 0 aromatic carbocycles. The number of imidazole rings is 1. The normalized spacial score (nSPS) is 12.7. The molecule has 0 spiro atoms. The lowest BCUT2D eigenvalue weighted by Gasteiger charge is -2.16. The largest absolute Gasteiger partial charge is 0.362 e. The maximum atomic E-state index is 4.38. The molecule has 1 unspecified atom stereocenters. The summed E-state index contributed by atoms with van der Waals surface area (Å²) in [6.07, 6.45) is 6.62. The van der Waals surface area contributed by atoms with Gasteiger partial charge in [-0.15, -0.1) is 11.3 Å². The fourth-order valence-electron chi connectivity index (χ4n) is 1.99. The third-order valence-corrected chi connectivity index (χ3v) is 3.80. The van der Waals surface area contributed by atoms with Gasteiger partial charge < -0.3 is 5.32 Å². The second-order valence-corrected chi connectivity index (χ2v) is 4.97. The van der Waals surface area contributed by atoms with E-state index in [1.54, 1.807) is 11.3 Å². The molecule has 3 aromatic rings. The first kappa shape index (κ1) is 11.2. The summed E-state index contributed by atoms with van der Waals surface area (Å²) < 4.78 is 2.05. The fourth-order valence-corrected chi connectivity index (χ4v) is 2.76. The van der Waals surface area contributed by atoms with Crippen LogP contribution in [0.4, 0.5) is 5.82 Å². The highest BCUT2D eigenvalue weighted by molar-refractivity contribution is 7.09. The maximum absolute atomic E-state index is 4.38. The molecule has 3 heterocycles. The van der Waals surface area contributed by atoms with E-state index in [0.717, 1.165) is 22.9 Å². The van der Waals surface area contributed by atoms with Gasteiger partial charge in [-0.1, -0.05) is 13.0 Å². The first-order chi connectivity index (χ1) is 8.88. The second-order valence-electron chi connectivity index (χ2n) is 4.04. The van der Waals surface area contributed by atoms with Gasteiger partial charge in [0.05, 0.1) is 6.04 Å². The molecule has 1 atom stereocenters. The van der Waals surface area contributed by atoms with Crippen molar-refractivity contribution < 1.29 is 0 Å². The van der Waals surface area contributed by atoms with Crippen LogP contribution in [0, 0.1) is 0 Å². The average Bonchev–Trinajstić information content (AvgIpc) is 3.06. The Kier molecular flexibility index (Phi) is 2.98. The molecule has 0 amide bonds. The topological polar surface area (TPSA) is 42.2 Å². The molecule has 0 radical (unpaired) electrons. The van der Waals surface area contributed by atoms with Crippen molar-refractivity contribution >= 4 is 22.8 Å². The van der Waals surface area contributed by atoms with Crippen LogP contribution in [0.15, 0.2) is 42.2 Å². The van der Waals surface area contributed by atoms with Gasteiger partial charge in [-0.2, -0.15) is 0 Å². The molecular formula is C13H14N4S. The standard InChI is InChI=1S/C13H14N4S/c1-2-10(13-15-7-9-18-13)16-12-5-3-4-11-14-6-8-17(11)12/h3-10,16H,2H2,1H3. The molecule has 0 fully saturated rings. The minimum absolute atomic E-state index is 0.248. The quantitative estimate of drug-likeness (QED) is 0.780. The lowest BCUT2D eigenvalue weighted by Crippen LogP contribution is -2.11. The monoisotopic (exact) mass is 258 g/mol. The van der Waals surface area contributed by atoms with E-state index < -0.39 is 0 Å². The smallest absolute Gasteiger partial charge is 0.138 e. The zero-order valence-electron chi connectivity index (χ0n) is 10.1. The summed E-state index contributed by atoms with van der Waals surface area (Å²) in [7, 11) is 0. The average molecular weight is 258 g/mol. The summed E-state index contributed by atoms with van der Waals surface area (Å²) in [5.74, 6) is 1.05. The molecular weight excluding hydrogens is 244 g/mol. The van der Waals surface area contributed by atoms with E-state index in [4.69, 9.17) is 0 Å². The van der Waals surface area contributed by atoms with Gasteiger partial charge in [0.15, 0.2) is 0 Å². The molecule has 3 rings (SSSR count). The Bertz CT molecular complexity index is 629. The number of fused-ring (bicyclic) bond motifs is 1. The lowest BCUT2D eigenvalue weighted by molar-refractivity contribution is 0.735. The zero-order chi connectivity index (χ0) is 12.4. The van der Waals surface area contributed by atoms with E-state index in [2.05, 4.69) is 32.7 Å². The van der Waals surface area contributed by atoms with E-state index in [1.807, 2.05) is 36.1 Å². The van der Waals surface area contributed by atoms with Crippen LogP contribution in [0.3, 0.4) is 0 Å². The lowest BCUT2D eigenvalue weighted by atomic mass is 10.2. The summed E-state index contributed by atoms with van der Waals surface area (Å²) in [4.78, 5) is 8.67. The molecule has 18 heavy (non-hydrogen) atoms. The highest BCUT2D eigenvalue weighted by Crippen LogP contribution is 2.24. The highest BCUT2D eigenvalue weighted by Gasteiger charge is 2.12. The van der Waals surface area contributed by atoms with Gasteiger partial charge in [-0.25, -0.2) is 9.97 Å². The molecule has 0 saturated carbocycles. The number of nitrogens with one attached hydrogen (secondary N) is 1. The van der Waals surface area contributed by atoms with Crippen LogP contribution in [0.1, 0.15) is 24.4 Å². The SMILES string of the molecule is CCC(Nc1cccc2nccn12)c1nccs1. The Morgan fingerprint density at radius 2 is 2.28 bits per heavy atom. The van der Waals surface area contributed by atoms with Crippen LogP contribution in [0.25, 0.3) is 5.65 Å². The van der Waals surface area contributed by atoms with Crippen molar-refractivity contribution in [2.75, 3.05) is 5.32 Å². The van der Waals surface area contributed by atoms with Gasteiger partial charge in [0, 0.05) is 24.0 Å². The minimum Gasteiger partial charge on any atom is -0.362 e. The number of hydrogen-bond donors (Lipinski definition) is 1. The van der Waals surface area contributed by atoms with Crippen LogP contribution < -0.4 is 5.32 Å². The molecule has 92 valence electrons. The van der Waals surface area contributed by atoms with Crippen molar-refractivity contribution in [2.45, 2.75) is 19.4 Å². The van der Waals surface area contributed by atoms with Gasteiger partial charge >= 0.3 is 0 Å². The number of rotatable bonds is 4. The molecule has 3 aromatic heterocycles. The van der Waals surface area contributed by atoms with Crippen molar-refractivity contribution in [1.82, 2.24) is 14.4 Å². The Hall–Kier alpha value is -1.88.